The fraction of sp³-hybridized carbons (Fsp3) is 0.345. The van der Waals surface area contributed by atoms with E-state index in [1.807, 2.05) is 12.1 Å². The van der Waals surface area contributed by atoms with Crippen molar-refractivity contribution in [1.82, 2.24) is 10.2 Å². The summed E-state index contributed by atoms with van der Waals surface area (Å²) in [6, 6.07) is 20.5. The Morgan fingerprint density at radius 2 is 1.74 bits per heavy atom. The van der Waals surface area contributed by atoms with Crippen LogP contribution in [0.5, 0.6) is 17.2 Å². The van der Waals surface area contributed by atoms with Crippen molar-refractivity contribution in [2.24, 2.45) is 5.92 Å². The quantitative estimate of drug-likeness (QED) is 0.345. The molecule has 1 aliphatic heterocycles. The second-order valence-corrected chi connectivity index (χ2v) is 9.73. The van der Waals surface area contributed by atoms with Gasteiger partial charge in [0.05, 0.1) is 0 Å². The summed E-state index contributed by atoms with van der Waals surface area (Å²) in [4.78, 5) is 17.7. The highest BCUT2D eigenvalue weighted by Crippen LogP contribution is 2.25. The predicted octanol–water partition coefficient (Wildman–Crippen LogP) is 6.13. The lowest BCUT2D eigenvalue weighted by atomic mass is 10.0. The van der Waals surface area contributed by atoms with Gasteiger partial charge in [-0.25, -0.2) is 4.39 Å². The molecule has 206 valence electrons. The van der Waals surface area contributed by atoms with Gasteiger partial charge in [0.25, 0.3) is 5.91 Å². The molecule has 0 radical (unpaired) electrons. The average molecular weight is 565 g/mol. The Hall–Kier alpha value is -3.00. The van der Waals surface area contributed by atoms with Crippen LogP contribution in [0.15, 0.2) is 72.8 Å². The molecule has 1 fully saturated rings. The van der Waals surface area contributed by atoms with Crippen LogP contribution in [0.2, 0.25) is 0 Å². The summed E-state index contributed by atoms with van der Waals surface area (Å²) < 4.78 is 19.1. The number of carbonyl (C=O) groups is 1. The largest absolute Gasteiger partial charge is 0.508 e. The van der Waals surface area contributed by atoms with Crippen LogP contribution < -0.4 is 15.0 Å². The number of carbonyl (C=O) groups excluding carboxylic acids is 1. The topological polar surface area (TPSA) is 65.0 Å². The van der Waals surface area contributed by atoms with Gasteiger partial charge in [-0.2, -0.15) is 0 Å². The standard InChI is InChI=1S/C29H34FN3O3.2ClH/c1-20(2)28(19-32-14-15-33(21(3)18-32)24-7-5-8-25(34)17-24)31-29(35)22-10-12-26(13-11-22)36-27-9-4-6-23(30)16-27;;/h4-13,16-17,20-21,28,34H,14-15,18-19H2,1-3H3,(H,31,35);2*1H/t21-,28?;;/m0../s1. The minimum atomic E-state index is -0.363. The van der Waals surface area contributed by atoms with Crippen molar-refractivity contribution < 1.29 is 19.0 Å². The molecule has 3 aromatic rings. The molecule has 3 aromatic carbocycles. The zero-order valence-electron chi connectivity index (χ0n) is 21.8. The second-order valence-electron chi connectivity index (χ2n) is 9.73. The third-order valence-electron chi connectivity index (χ3n) is 6.60. The highest BCUT2D eigenvalue weighted by molar-refractivity contribution is 5.94. The maximum absolute atomic E-state index is 13.4. The van der Waals surface area contributed by atoms with Gasteiger partial charge < -0.3 is 20.1 Å². The summed E-state index contributed by atoms with van der Waals surface area (Å²) in [6.45, 7) is 9.80. The van der Waals surface area contributed by atoms with Crippen molar-refractivity contribution in [2.75, 3.05) is 31.1 Å². The van der Waals surface area contributed by atoms with Crippen LogP contribution in [0.1, 0.15) is 31.1 Å². The molecule has 6 nitrogen and oxygen atoms in total. The molecule has 0 saturated carbocycles. The number of nitrogens with zero attached hydrogens (tertiary/aromatic N) is 2. The van der Waals surface area contributed by atoms with E-state index in [0.717, 1.165) is 31.9 Å². The lowest BCUT2D eigenvalue weighted by Crippen LogP contribution is -2.56. The first-order valence-corrected chi connectivity index (χ1v) is 12.4. The Morgan fingerprint density at radius 3 is 2.37 bits per heavy atom. The summed E-state index contributed by atoms with van der Waals surface area (Å²) >= 11 is 0. The third-order valence-corrected chi connectivity index (χ3v) is 6.60. The van der Waals surface area contributed by atoms with Crippen molar-refractivity contribution >= 4 is 36.4 Å². The zero-order valence-corrected chi connectivity index (χ0v) is 23.5. The number of hydrogen-bond donors (Lipinski definition) is 2. The van der Waals surface area contributed by atoms with Crippen LogP contribution in [-0.4, -0.2) is 54.2 Å². The van der Waals surface area contributed by atoms with Crippen LogP contribution in [0.3, 0.4) is 0 Å². The first-order chi connectivity index (χ1) is 17.3. The van der Waals surface area contributed by atoms with Gasteiger partial charge in [-0.1, -0.05) is 26.0 Å². The first-order valence-electron chi connectivity index (χ1n) is 12.4. The van der Waals surface area contributed by atoms with E-state index in [2.05, 4.69) is 35.9 Å². The Balaban J connectivity index is 0.00000253. The Labute approximate surface area is 236 Å². The number of phenols is 1. The first kappa shape index (κ1) is 31.2. The molecular formula is C29H36Cl2FN3O3. The number of anilines is 1. The van der Waals surface area contributed by atoms with E-state index < -0.39 is 0 Å². The van der Waals surface area contributed by atoms with Crippen molar-refractivity contribution in [3.63, 3.8) is 0 Å². The van der Waals surface area contributed by atoms with Crippen molar-refractivity contribution in [1.29, 1.82) is 0 Å². The summed E-state index contributed by atoms with van der Waals surface area (Å²) in [5.74, 6) is 1.000. The Morgan fingerprint density at radius 1 is 1.03 bits per heavy atom. The number of hydrogen-bond acceptors (Lipinski definition) is 5. The number of phenolic OH excluding ortho intramolecular Hbond substituents is 1. The van der Waals surface area contributed by atoms with Gasteiger partial charge in [-0.05, 0) is 61.4 Å². The van der Waals surface area contributed by atoms with Crippen LogP contribution in [0.25, 0.3) is 0 Å². The van der Waals surface area contributed by atoms with Crippen LogP contribution in [0.4, 0.5) is 10.1 Å². The SMILES string of the molecule is CC(C)C(CN1CCN(c2cccc(O)c2)[C@@H](C)C1)NC(=O)c1ccc(Oc2cccc(F)c2)cc1.Cl.Cl. The molecule has 1 unspecified atom stereocenters. The number of rotatable bonds is 8. The molecule has 0 bridgehead atoms. The van der Waals surface area contributed by atoms with E-state index in [1.54, 1.807) is 48.5 Å². The lowest BCUT2D eigenvalue weighted by Gasteiger charge is -2.42. The number of nitrogens with one attached hydrogen (secondary N) is 1. The predicted molar refractivity (Wildman–Crippen MR) is 155 cm³/mol. The van der Waals surface area contributed by atoms with Crippen LogP contribution >= 0.6 is 24.8 Å². The van der Waals surface area contributed by atoms with Crippen molar-refractivity contribution in [3.05, 3.63) is 84.2 Å². The lowest BCUT2D eigenvalue weighted by molar-refractivity contribution is 0.0903. The molecule has 0 spiro atoms. The summed E-state index contributed by atoms with van der Waals surface area (Å²) in [5, 5.41) is 13.0. The van der Waals surface area contributed by atoms with Gasteiger partial charge >= 0.3 is 0 Å². The summed E-state index contributed by atoms with van der Waals surface area (Å²) in [5.41, 5.74) is 1.58. The number of amides is 1. The maximum Gasteiger partial charge on any atom is 0.251 e. The molecule has 1 amide bonds. The van der Waals surface area contributed by atoms with Crippen molar-refractivity contribution in [2.45, 2.75) is 32.9 Å². The smallest absolute Gasteiger partial charge is 0.251 e. The Bertz CT molecular complexity index is 1180. The molecule has 0 aromatic heterocycles. The average Bonchev–Trinajstić information content (AvgIpc) is 2.84. The third kappa shape index (κ3) is 8.25. The molecule has 4 rings (SSSR count). The van der Waals surface area contributed by atoms with Gasteiger partial charge in [-0.15, -0.1) is 24.8 Å². The molecule has 1 aliphatic rings. The molecule has 2 N–H and O–H groups in total. The second kappa shape index (κ2) is 14.2. The van der Waals surface area contributed by atoms with Crippen LogP contribution in [0, 0.1) is 11.7 Å². The Kier molecular flexibility index (Phi) is 11.7. The monoisotopic (exact) mass is 563 g/mol. The molecular weight excluding hydrogens is 528 g/mol. The highest BCUT2D eigenvalue weighted by Gasteiger charge is 2.27. The minimum Gasteiger partial charge on any atom is -0.508 e. The molecule has 2 atom stereocenters. The van der Waals surface area contributed by atoms with E-state index in [9.17, 15) is 14.3 Å². The van der Waals surface area contributed by atoms with Crippen LogP contribution in [-0.2, 0) is 0 Å². The molecule has 38 heavy (non-hydrogen) atoms. The number of ether oxygens (including phenoxy) is 1. The number of aromatic hydroxyl groups is 1. The summed E-state index contributed by atoms with van der Waals surface area (Å²) in [6.07, 6.45) is 0. The number of halogens is 3. The number of benzene rings is 3. The molecule has 9 heteroatoms. The van der Waals surface area contributed by atoms with Crippen molar-refractivity contribution in [3.8, 4) is 17.2 Å². The summed E-state index contributed by atoms with van der Waals surface area (Å²) in [7, 11) is 0. The fourth-order valence-corrected chi connectivity index (χ4v) is 4.55. The maximum atomic E-state index is 13.4. The van der Waals surface area contributed by atoms with E-state index in [1.165, 1.54) is 12.1 Å². The van der Waals surface area contributed by atoms with Gasteiger partial charge in [0, 0.05) is 61.6 Å². The van der Waals surface area contributed by atoms with E-state index >= 15 is 0 Å². The van der Waals surface area contributed by atoms with E-state index in [-0.39, 0.29) is 60.3 Å². The van der Waals surface area contributed by atoms with E-state index in [0.29, 0.717) is 17.1 Å². The molecule has 1 saturated heterocycles. The molecule has 0 aliphatic carbocycles. The van der Waals surface area contributed by atoms with Gasteiger partial charge in [0.15, 0.2) is 0 Å². The normalized spacial score (nSPS) is 16.2. The van der Waals surface area contributed by atoms with E-state index in [4.69, 9.17) is 4.74 Å². The number of piperazine rings is 1. The van der Waals surface area contributed by atoms with Gasteiger partial charge in [-0.3, -0.25) is 9.69 Å². The minimum absolute atomic E-state index is 0. The van der Waals surface area contributed by atoms with Gasteiger partial charge in [0.1, 0.15) is 23.1 Å². The zero-order chi connectivity index (χ0) is 25.7. The highest BCUT2D eigenvalue weighted by atomic mass is 35.5. The molecule has 1 heterocycles. The fourth-order valence-electron chi connectivity index (χ4n) is 4.55. The van der Waals surface area contributed by atoms with Gasteiger partial charge in [0.2, 0.25) is 0 Å².